The molecule has 0 saturated heterocycles. The smallest absolute Gasteiger partial charge is 0.231 e. The molecule has 4 rings (SSSR count). The third-order valence-electron chi connectivity index (χ3n) is 3.97. The van der Waals surface area contributed by atoms with Crippen LogP contribution in [-0.2, 0) is 6.54 Å². The van der Waals surface area contributed by atoms with E-state index in [2.05, 4.69) is 49.5 Å². The SMILES string of the molecule is CC(C)n1cc(Nc2nc(NCc3ccccn3)c3cc[nH]c3n2)cn1. The van der Waals surface area contributed by atoms with Crippen LogP contribution in [0.5, 0.6) is 0 Å². The van der Waals surface area contributed by atoms with Crippen LogP contribution >= 0.6 is 0 Å². The van der Waals surface area contributed by atoms with Crippen LogP contribution in [0, 0.1) is 0 Å². The summed E-state index contributed by atoms with van der Waals surface area (Å²) in [5, 5.41) is 11.8. The normalized spacial score (nSPS) is 11.2. The van der Waals surface area contributed by atoms with Crippen molar-refractivity contribution in [2.24, 2.45) is 0 Å². The van der Waals surface area contributed by atoms with Crippen LogP contribution in [0.1, 0.15) is 25.6 Å². The minimum atomic E-state index is 0.299. The van der Waals surface area contributed by atoms with Gasteiger partial charge in [0.1, 0.15) is 11.5 Å². The average Bonchev–Trinajstić information content (AvgIpc) is 3.30. The van der Waals surface area contributed by atoms with Crippen molar-refractivity contribution in [3.8, 4) is 0 Å². The van der Waals surface area contributed by atoms with Gasteiger partial charge in [-0.25, -0.2) is 0 Å². The molecule has 0 saturated carbocycles. The predicted molar refractivity (Wildman–Crippen MR) is 101 cm³/mol. The van der Waals surface area contributed by atoms with Crippen molar-refractivity contribution in [3.05, 3.63) is 54.7 Å². The van der Waals surface area contributed by atoms with E-state index in [1.54, 1.807) is 12.4 Å². The lowest BCUT2D eigenvalue weighted by molar-refractivity contribution is 0.532. The van der Waals surface area contributed by atoms with Gasteiger partial charge in [0, 0.05) is 24.6 Å². The molecule has 4 aromatic rings. The van der Waals surface area contributed by atoms with Gasteiger partial charge >= 0.3 is 0 Å². The van der Waals surface area contributed by atoms with E-state index in [-0.39, 0.29) is 0 Å². The van der Waals surface area contributed by atoms with Crippen molar-refractivity contribution in [1.29, 1.82) is 0 Å². The second-order valence-corrected chi connectivity index (χ2v) is 6.24. The molecule has 0 aromatic carbocycles. The first-order valence-corrected chi connectivity index (χ1v) is 8.49. The highest BCUT2D eigenvalue weighted by Gasteiger charge is 2.10. The summed E-state index contributed by atoms with van der Waals surface area (Å²) in [7, 11) is 0. The largest absolute Gasteiger partial charge is 0.364 e. The van der Waals surface area contributed by atoms with Crippen LogP contribution in [0.3, 0.4) is 0 Å². The summed E-state index contributed by atoms with van der Waals surface area (Å²) in [4.78, 5) is 16.6. The predicted octanol–water partition coefficient (Wildman–Crippen LogP) is 3.49. The molecule has 132 valence electrons. The lowest BCUT2D eigenvalue weighted by Crippen LogP contribution is -2.06. The zero-order chi connectivity index (χ0) is 17.9. The maximum Gasteiger partial charge on any atom is 0.231 e. The molecule has 0 aliphatic carbocycles. The van der Waals surface area contributed by atoms with E-state index in [9.17, 15) is 0 Å². The van der Waals surface area contributed by atoms with Crippen molar-refractivity contribution < 1.29 is 0 Å². The molecule has 4 aromatic heterocycles. The first kappa shape index (κ1) is 16.1. The number of aromatic amines is 1. The van der Waals surface area contributed by atoms with Gasteiger partial charge in [-0.1, -0.05) is 6.07 Å². The van der Waals surface area contributed by atoms with E-state index in [1.165, 1.54) is 0 Å². The van der Waals surface area contributed by atoms with Gasteiger partial charge in [0.25, 0.3) is 0 Å². The second-order valence-electron chi connectivity index (χ2n) is 6.24. The van der Waals surface area contributed by atoms with E-state index in [0.717, 1.165) is 28.2 Å². The van der Waals surface area contributed by atoms with Crippen molar-refractivity contribution >= 4 is 28.5 Å². The number of nitrogens with zero attached hydrogens (tertiary/aromatic N) is 5. The Kier molecular flexibility index (Phi) is 4.22. The maximum absolute atomic E-state index is 4.62. The monoisotopic (exact) mass is 348 g/mol. The molecule has 0 aliphatic heterocycles. The Morgan fingerprint density at radius 2 is 2.12 bits per heavy atom. The van der Waals surface area contributed by atoms with Crippen molar-refractivity contribution in [1.82, 2.24) is 29.7 Å². The molecule has 3 N–H and O–H groups in total. The summed E-state index contributed by atoms with van der Waals surface area (Å²) >= 11 is 0. The number of pyridine rings is 1. The molecular weight excluding hydrogens is 328 g/mol. The molecule has 8 heteroatoms. The van der Waals surface area contributed by atoms with Crippen LogP contribution in [-0.4, -0.2) is 29.7 Å². The zero-order valence-corrected chi connectivity index (χ0v) is 14.6. The number of H-pyrrole nitrogens is 1. The molecule has 0 amide bonds. The summed E-state index contributed by atoms with van der Waals surface area (Å²) < 4.78 is 1.88. The molecule has 0 atom stereocenters. The molecule has 0 unspecified atom stereocenters. The standard InChI is InChI=1S/C18H20N8/c1-12(2)26-11-14(10-22-26)23-18-24-16-15(6-8-20-16)17(25-18)21-9-13-5-3-4-7-19-13/h3-8,10-12H,9H2,1-2H3,(H3,20,21,23,24,25). The summed E-state index contributed by atoms with van der Waals surface area (Å²) in [5.74, 6) is 1.26. The Morgan fingerprint density at radius 3 is 2.88 bits per heavy atom. The van der Waals surface area contributed by atoms with Crippen molar-refractivity contribution in [3.63, 3.8) is 0 Å². The molecule has 0 spiro atoms. The van der Waals surface area contributed by atoms with Crippen molar-refractivity contribution in [2.75, 3.05) is 10.6 Å². The highest BCUT2D eigenvalue weighted by Crippen LogP contribution is 2.23. The zero-order valence-electron chi connectivity index (χ0n) is 14.6. The molecule has 26 heavy (non-hydrogen) atoms. The summed E-state index contributed by atoms with van der Waals surface area (Å²) in [6, 6.07) is 8.10. The fourth-order valence-electron chi connectivity index (χ4n) is 2.62. The Balaban J connectivity index is 1.59. The number of fused-ring (bicyclic) bond motifs is 1. The van der Waals surface area contributed by atoms with Gasteiger partial charge in [-0.15, -0.1) is 0 Å². The molecule has 0 fully saturated rings. The number of aromatic nitrogens is 6. The summed E-state index contributed by atoms with van der Waals surface area (Å²) in [6.07, 6.45) is 7.34. The average molecular weight is 348 g/mol. The van der Waals surface area contributed by atoms with Crippen LogP contribution in [0.2, 0.25) is 0 Å². The lowest BCUT2D eigenvalue weighted by Gasteiger charge is -2.09. The van der Waals surface area contributed by atoms with Crippen LogP contribution in [0.15, 0.2) is 49.1 Å². The van der Waals surface area contributed by atoms with Gasteiger partial charge < -0.3 is 15.6 Å². The maximum atomic E-state index is 4.62. The Hall–Kier alpha value is -3.42. The molecule has 8 nitrogen and oxygen atoms in total. The van der Waals surface area contributed by atoms with Gasteiger partial charge in [-0.05, 0) is 32.0 Å². The van der Waals surface area contributed by atoms with E-state index < -0.39 is 0 Å². The molecule has 0 radical (unpaired) electrons. The number of hydrogen-bond acceptors (Lipinski definition) is 6. The number of hydrogen-bond donors (Lipinski definition) is 3. The Morgan fingerprint density at radius 1 is 1.19 bits per heavy atom. The number of nitrogens with one attached hydrogen (secondary N) is 3. The minimum absolute atomic E-state index is 0.299. The Bertz CT molecular complexity index is 1000. The summed E-state index contributed by atoms with van der Waals surface area (Å²) in [5.41, 5.74) is 2.56. The van der Waals surface area contributed by atoms with Gasteiger partial charge in [0.2, 0.25) is 5.95 Å². The van der Waals surface area contributed by atoms with E-state index in [1.807, 2.05) is 41.3 Å². The third-order valence-corrected chi connectivity index (χ3v) is 3.97. The van der Waals surface area contributed by atoms with Crippen LogP contribution in [0.4, 0.5) is 17.5 Å². The quantitative estimate of drug-likeness (QED) is 0.494. The van der Waals surface area contributed by atoms with E-state index in [0.29, 0.717) is 18.5 Å². The lowest BCUT2D eigenvalue weighted by atomic mass is 10.3. The van der Waals surface area contributed by atoms with Crippen LogP contribution < -0.4 is 10.6 Å². The van der Waals surface area contributed by atoms with E-state index in [4.69, 9.17) is 0 Å². The fraction of sp³-hybridized carbons (Fsp3) is 0.222. The van der Waals surface area contributed by atoms with E-state index >= 15 is 0 Å². The number of anilines is 3. The summed E-state index contributed by atoms with van der Waals surface area (Å²) in [6.45, 7) is 4.75. The highest BCUT2D eigenvalue weighted by molar-refractivity contribution is 5.88. The van der Waals surface area contributed by atoms with Gasteiger partial charge in [-0.3, -0.25) is 9.67 Å². The van der Waals surface area contributed by atoms with Gasteiger partial charge in [0.15, 0.2) is 0 Å². The number of rotatable bonds is 6. The first-order valence-electron chi connectivity index (χ1n) is 8.49. The molecule has 0 bridgehead atoms. The second kappa shape index (κ2) is 6.83. The topological polar surface area (TPSA) is 96.3 Å². The van der Waals surface area contributed by atoms with Crippen LogP contribution in [0.25, 0.3) is 11.0 Å². The van der Waals surface area contributed by atoms with Crippen molar-refractivity contribution in [2.45, 2.75) is 26.4 Å². The Labute approximate surface area is 150 Å². The van der Waals surface area contributed by atoms with Gasteiger partial charge in [0.05, 0.1) is 29.5 Å². The molecular formula is C18H20N8. The highest BCUT2D eigenvalue weighted by atomic mass is 15.3. The fourth-order valence-corrected chi connectivity index (χ4v) is 2.62. The first-order chi connectivity index (χ1) is 12.7. The minimum Gasteiger partial charge on any atom is -0.364 e. The van der Waals surface area contributed by atoms with Gasteiger partial charge in [-0.2, -0.15) is 15.1 Å². The molecule has 0 aliphatic rings. The molecule has 4 heterocycles. The third kappa shape index (κ3) is 3.34.